The average Bonchev–Trinajstić information content (AvgIpc) is 2.78. The van der Waals surface area contributed by atoms with Gasteiger partial charge in [-0.05, 0) is 31.2 Å². The van der Waals surface area contributed by atoms with Gasteiger partial charge < -0.3 is 9.47 Å². The molecule has 1 aliphatic heterocycles. The lowest BCUT2D eigenvalue weighted by Crippen LogP contribution is -1.99. The van der Waals surface area contributed by atoms with E-state index in [0.29, 0.717) is 23.7 Å². The Bertz CT molecular complexity index is 637. The van der Waals surface area contributed by atoms with Gasteiger partial charge in [0.1, 0.15) is 18.1 Å². The molecule has 0 aliphatic carbocycles. The van der Waals surface area contributed by atoms with Gasteiger partial charge in [-0.2, -0.15) is 0 Å². The Balaban J connectivity index is 1.73. The van der Waals surface area contributed by atoms with Crippen LogP contribution in [0.15, 0.2) is 36.4 Å². The topological polar surface area (TPSA) is 48.4 Å². The molecular weight excluding hydrogens is 242 g/mol. The predicted octanol–water partition coefficient (Wildman–Crippen LogP) is 2.54. The molecule has 0 radical (unpaired) electrons. The quantitative estimate of drug-likeness (QED) is 0.845. The summed E-state index contributed by atoms with van der Waals surface area (Å²) in [5.74, 6) is 1.29. The fourth-order valence-corrected chi connectivity index (χ4v) is 2.00. The molecule has 4 nitrogen and oxygen atoms in total. The first kappa shape index (κ1) is 11.7. The molecule has 0 bridgehead atoms. The maximum Gasteiger partial charge on any atom is 0.203 e. The SMILES string of the molecule is Cc1cccc(COc2ccc3c(c2)OCC3=O)n1. The minimum absolute atomic E-state index is 0.0156. The highest BCUT2D eigenvalue weighted by atomic mass is 16.5. The van der Waals surface area contributed by atoms with E-state index in [1.807, 2.05) is 25.1 Å². The van der Waals surface area contributed by atoms with E-state index in [4.69, 9.17) is 9.47 Å². The van der Waals surface area contributed by atoms with E-state index in [9.17, 15) is 4.79 Å². The number of ether oxygens (including phenoxy) is 2. The Kier molecular flexibility index (Phi) is 2.91. The molecule has 0 saturated heterocycles. The molecule has 2 heterocycles. The van der Waals surface area contributed by atoms with Crippen molar-refractivity contribution in [3.05, 3.63) is 53.3 Å². The second-order valence-electron chi connectivity index (χ2n) is 4.43. The Morgan fingerprint density at radius 3 is 3.05 bits per heavy atom. The van der Waals surface area contributed by atoms with Crippen LogP contribution in [0.2, 0.25) is 0 Å². The molecule has 1 aromatic heterocycles. The summed E-state index contributed by atoms with van der Waals surface area (Å²) in [7, 11) is 0. The second-order valence-corrected chi connectivity index (χ2v) is 4.43. The van der Waals surface area contributed by atoms with Crippen LogP contribution in [0.5, 0.6) is 11.5 Å². The maximum absolute atomic E-state index is 11.4. The molecule has 1 aliphatic rings. The summed E-state index contributed by atoms with van der Waals surface area (Å²) in [4.78, 5) is 15.8. The highest BCUT2D eigenvalue weighted by molar-refractivity contribution is 6.02. The van der Waals surface area contributed by atoms with E-state index in [2.05, 4.69) is 4.98 Å². The highest BCUT2D eigenvalue weighted by Gasteiger charge is 2.21. The van der Waals surface area contributed by atoms with Crippen molar-refractivity contribution in [3.8, 4) is 11.5 Å². The minimum Gasteiger partial charge on any atom is -0.487 e. The number of aryl methyl sites for hydroxylation is 1. The minimum atomic E-state index is 0.0156. The number of hydrogen-bond donors (Lipinski definition) is 0. The average molecular weight is 255 g/mol. The number of hydrogen-bond acceptors (Lipinski definition) is 4. The van der Waals surface area contributed by atoms with Crippen molar-refractivity contribution in [2.24, 2.45) is 0 Å². The van der Waals surface area contributed by atoms with E-state index in [-0.39, 0.29) is 12.4 Å². The summed E-state index contributed by atoms with van der Waals surface area (Å²) < 4.78 is 10.9. The number of ketones is 1. The number of Topliss-reactive ketones (excluding diaryl/α,β-unsaturated/α-hetero) is 1. The molecule has 1 aromatic carbocycles. The number of benzene rings is 1. The fraction of sp³-hybridized carbons (Fsp3) is 0.200. The van der Waals surface area contributed by atoms with Crippen LogP contribution in [0.3, 0.4) is 0 Å². The third-order valence-corrected chi connectivity index (χ3v) is 2.94. The summed E-state index contributed by atoms with van der Waals surface area (Å²) in [6.45, 7) is 2.46. The predicted molar refractivity (Wildman–Crippen MR) is 69.6 cm³/mol. The number of carbonyl (C=O) groups is 1. The lowest BCUT2D eigenvalue weighted by molar-refractivity contribution is 0.0961. The van der Waals surface area contributed by atoms with Crippen LogP contribution in [0.1, 0.15) is 21.7 Å². The number of rotatable bonds is 3. The van der Waals surface area contributed by atoms with Gasteiger partial charge in [0.2, 0.25) is 5.78 Å². The Morgan fingerprint density at radius 1 is 1.32 bits per heavy atom. The lowest BCUT2D eigenvalue weighted by Gasteiger charge is -2.07. The molecule has 0 fully saturated rings. The van der Waals surface area contributed by atoms with E-state index in [0.717, 1.165) is 11.4 Å². The van der Waals surface area contributed by atoms with E-state index in [1.54, 1.807) is 18.2 Å². The van der Waals surface area contributed by atoms with Gasteiger partial charge in [0.25, 0.3) is 0 Å². The van der Waals surface area contributed by atoms with Crippen molar-refractivity contribution >= 4 is 5.78 Å². The number of aromatic nitrogens is 1. The molecule has 0 amide bonds. The summed E-state index contributed by atoms with van der Waals surface area (Å²) >= 11 is 0. The summed E-state index contributed by atoms with van der Waals surface area (Å²) in [6.07, 6.45) is 0. The first-order valence-electron chi connectivity index (χ1n) is 6.08. The molecule has 3 rings (SSSR count). The van der Waals surface area contributed by atoms with Crippen LogP contribution in [0.4, 0.5) is 0 Å². The van der Waals surface area contributed by atoms with E-state index in [1.165, 1.54) is 0 Å². The Morgan fingerprint density at radius 2 is 2.21 bits per heavy atom. The first-order valence-corrected chi connectivity index (χ1v) is 6.08. The van der Waals surface area contributed by atoms with Crippen molar-refractivity contribution in [2.45, 2.75) is 13.5 Å². The number of nitrogens with zero attached hydrogens (tertiary/aromatic N) is 1. The molecule has 0 spiro atoms. The van der Waals surface area contributed by atoms with Gasteiger partial charge >= 0.3 is 0 Å². The second kappa shape index (κ2) is 4.72. The smallest absolute Gasteiger partial charge is 0.203 e. The molecule has 0 N–H and O–H groups in total. The molecule has 4 heteroatoms. The monoisotopic (exact) mass is 255 g/mol. The lowest BCUT2D eigenvalue weighted by atomic mass is 10.1. The zero-order valence-corrected chi connectivity index (χ0v) is 10.6. The molecular formula is C15H13NO3. The van der Waals surface area contributed by atoms with Gasteiger partial charge in [0, 0.05) is 11.8 Å². The van der Waals surface area contributed by atoms with Gasteiger partial charge in [-0.15, -0.1) is 0 Å². The zero-order chi connectivity index (χ0) is 13.2. The summed E-state index contributed by atoms with van der Waals surface area (Å²) in [6, 6.07) is 11.1. The standard InChI is InChI=1S/C15H13NO3/c1-10-3-2-4-11(16-10)8-18-12-5-6-13-14(17)9-19-15(13)7-12/h2-7H,8-9H2,1H3. The van der Waals surface area contributed by atoms with Crippen LogP contribution < -0.4 is 9.47 Å². The van der Waals surface area contributed by atoms with Crippen LogP contribution in [0, 0.1) is 6.92 Å². The number of pyridine rings is 1. The van der Waals surface area contributed by atoms with Gasteiger partial charge in [-0.3, -0.25) is 9.78 Å². The van der Waals surface area contributed by atoms with Crippen LogP contribution >= 0.6 is 0 Å². The Labute approximate surface area is 111 Å². The molecule has 0 atom stereocenters. The zero-order valence-electron chi connectivity index (χ0n) is 10.6. The van der Waals surface area contributed by atoms with Gasteiger partial charge in [-0.25, -0.2) is 0 Å². The Hall–Kier alpha value is -2.36. The van der Waals surface area contributed by atoms with E-state index < -0.39 is 0 Å². The van der Waals surface area contributed by atoms with Crippen LogP contribution in [0.25, 0.3) is 0 Å². The first-order chi connectivity index (χ1) is 9.22. The molecule has 96 valence electrons. The molecule has 2 aromatic rings. The maximum atomic E-state index is 11.4. The fourth-order valence-electron chi connectivity index (χ4n) is 2.00. The van der Waals surface area contributed by atoms with Gasteiger partial charge in [0.15, 0.2) is 6.61 Å². The van der Waals surface area contributed by atoms with Crippen molar-refractivity contribution in [1.82, 2.24) is 4.98 Å². The van der Waals surface area contributed by atoms with Crippen LogP contribution in [-0.2, 0) is 6.61 Å². The number of carbonyl (C=O) groups excluding carboxylic acids is 1. The van der Waals surface area contributed by atoms with Crippen molar-refractivity contribution in [2.75, 3.05) is 6.61 Å². The highest BCUT2D eigenvalue weighted by Crippen LogP contribution is 2.29. The van der Waals surface area contributed by atoms with Gasteiger partial charge in [0.05, 0.1) is 11.3 Å². The summed E-state index contributed by atoms with van der Waals surface area (Å²) in [5.41, 5.74) is 2.46. The summed E-state index contributed by atoms with van der Waals surface area (Å²) in [5, 5.41) is 0. The third kappa shape index (κ3) is 2.42. The largest absolute Gasteiger partial charge is 0.487 e. The third-order valence-electron chi connectivity index (χ3n) is 2.94. The van der Waals surface area contributed by atoms with Crippen LogP contribution in [-0.4, -0.2) is 17.4 Å². The normalized spacial score (nSPS) is 13.0. The molecule has 19 heavy (non-hydrogen) atoms. The van der Waals surface area contributed by atoms with Crippen molar-refractivity contribution < 1.29 is 14.3 Å². The van der Waals surface area contributed by atoms with Gasteiger partial charge in [-0.1, -0.05) is 6.07 Å². The molecule has 0 unspecified atom stereocenters. The van der Waals surface area contributed by atoms with E-state index >= 15 is 0 Å². The van der Waals surface area contributed by atoms with Crippen molar-refractivity contribution in [1.29, 1.82) is 0 Å². The molecule has 0 saturated carbocycles. The van der Waals surface area contributed by atoms with Crippen molar-refractivity contribution in [3.63, 3.8) is 0 Å². The number of fused-ring (bicyclic) bond motifs is 1.